The van der Waals surface area contributed by atoms with Crippen molar-refractivity contribution in [2.75, 3.05) is 13.2 Å². The SMILES string of the molecule is CC(C)(C)CC(C)(C)NCc1ccc2c(c1)OCCCO2. The van der Waals surface area contributed by atoms with Crippen LogP contribution in [-0.4, -0.2) is 18.8 Å². The Kier molecular flexibility index (Phi) is 4.82. The molecule has 1 aliphatic heterocycles. The van der Waals surface area contributed by atoms with Gasteiger partial charge in [-0.05, 0) is 43.4 Å². The van der Waals surface area contributed by atoms with Gasteiger partial charge in [0.1, 0.15) is 0 Å². The van der Waals surface area contributed by atoms with Crippen molar-refractivity contribution in [1.29, 1.82) is 0 Å². The van der Waals surface area contributed by atoms with Crippen molar-refractivity contribution in [1.82, 2.24) is 5.32 Å². The van der Waals surface area contributed by atoms with Crippen LogP contribution >= 0.6 is 0 Å². The van der Waals surface area contributed by atoms with E-state index in [1.807, 2.05) is 6.07 Å². The Morgan fingerprint density at radius 3 is 2.33 bits per heavy atom. The fourth-order valence-electron chi connectivity index (χ4n) is 3.05. The van der Waals surface area contributed by atoms with Crippen LogP contribution in [0.25, 0.3) is 0 Å². The second-order valence-electron chi connectivity index (χ2n) is 7.81. The van der Waals surface area contributed by atoms with Gasteiger partial charge in [-0.25, -0.2) is 0 Å². The van der Waals surface area contributed by atoms with Gasteiger partial charge in [-0.15, -0.1) is 0 Å². The highest BCUT2D eigenvalue weighted by molar-refractivity contribution is 5.43. The molecule has 118 valence electrons. The number of benzene rings is 1. The lowest BCUT2D eigenvalue weighted by molar-refractivity contribution is 0.240. The Morgan fingerprint density at radius 2 is 1.67 bits per heavy atom. The Balaban J connectivity index is 1.99. The van der Waals surface area contributed by atoms with Gasteiger partial charge in [0.15, 0.2) is 11.5 Å². The zero-order valence-electron chi connectivity index (χ0n) is 14.1. The van der Waals surface area contributed by atoms with Crippen LogP contribution in [0.4, 0.5) is 0 Å². The van der Waals surface area contributed by atoms with Gasteiger partial charge in [0, 0.05) is 18.5 Å². The van der Waals surface area contributed by atoms with Crippen LogP contribution < -0.4 is 14.8 Å². The quantitative estimate of drug-likeness (QED) is 0.904. The number of ether oxygens (including phenoxy) is 2. The Labute approximate surface area is 129 Å². The summed E-state index contributed by atoms with van der Waals surface area (Å²) in [4.78, 5) is 0. The van der Waals surface area contributed by atoms with Crippen molar-refractivity contribution < 1.29 is 9.47 Å². The van der Waals surface area contributed by atoms with Crippen LogP contribution in [0, 0.1) is 5.41 Å². The van der Waals surface area contributed by atoms with Gasteiger partial charge in [0.25, 0.3) is 0 Å². The monoisotopic (exact) mass is 291 g/mol. The molecule has 1 aromatic rings. The molecule has 0 aliphatic carbocycles. The molecule has 0 radical (unpaired) electrons. The molecule has 1 N–H and O–H groups in total. The topological polar surface area (TPSA) is 30.5 Å². The van der Waals surface area contributed by atoms with Crippen LogP contribution in [0.15, 0.2) is 18.2 Å². The predicted molar refractivity (Wildman–Crippen MR) is 87.0 cm³/mol. The zero-order chi connectivity index (χ0) is 15.5. The van der Waals surface area contributed by atoms with E-state index in [1.54, 1.807) is 0 Å². The van der Waals surface area contributed by atoms with Gasteiger partial charge in [0.05, 0.1) is 13.2 Å². The summed E-state index contributed by atoms with van der Waals surface area (Å²) < 4.78 is 11.4. The van der Waals surface area contributed by atoms with E-state index < -0.39 is 0 Å². The first kappa shape index (κ1) is 16.2. The Morgan fingerprint density at radius 1 is 1.00 bits per heavy atom. The van der Waals surface area contributed by atoms with Crippen LogP contribution in [0.2, 0.25) is 0 Å². The zero-order valence-corrected chi connectivity index (χ0v) is 14.1. The second kappa shape index (κ2) is 6.27. The lowest BCUT2D eigenvalue weighted by atomic mass is 9.82. The first-order chi connectivity index (χ1) is 9.75. The summed E-state index contributed by atoms with van der Waals surface area (Å²) >= 11 is 0. The minimum Gasteiger partial charge on any atom is -0.490 e. The van der Waals surface area contributed by atoms with Gasteiger partial charge >= 0.3 is 0 Å². The third kappa shape index (κ3) is 5.24. The first-order valence-corrected chi connectivity index (χ1v) is 7.89. The molecule has 2 rings (SSSR count). The molecular weight excluding hydrogens is 262 g/mol. The van der Waals surface area contributed by atoms with Crippen molar-refractivity contribution in [3.8, 4) is 11.5 Å². The molecule has 0 bridgehead atoms. The molecule has 0 unspecified atom stereocenters. The summed E-state index contributed by atoms with van der Waals surface area (Å²) in [5.41, 5.74) is 1.67. The van der Waals surface area contributed by atoms with E-state index in [2.05, 4.69) is 52.1 Å². The highest BCUT2D eigenvalue weighted by atomic mass is 16.5. The van der Waals surface area contributed by atoms with Crippen molar-refractivity contribution in [2.24, 2.45) is 5.41 Å². The molecule has 0 amide bonds. The van der Waals surface area contributed by atoms with Gasteiger partial charge in [-0.3, -0.25) is 0 Å². The smallest absolute Gasteiger partial charge is 0.161 e. The molecule has 0 saturated carbocycles. The number of rotatable bonds is 4. The fourth-order valence-corrected chi connectivity index (χ4v) is 3.05. The van der Waals surface area contributed by atoms with Gasteiger partial charge in [0.2, 0.25) is 0 Å². The summed E-state index contributed by atoms with van der Waals surface area (Å²) in [5.74, 6) is 1.74. The van der Waals surface area contributed by atoms with Crippen molar-refractivity contribution in [3.63, 3.8) is 0 Å². The summed E-state index contributed by atoms with van der Waals surface area (Å²) in [7, 11) is 0. The van der Waals surface area contributed by atoms with Gasteiger partial charge in [-0.2, -0.15) is 0 Å². The minimum absolute atomic E-state index is 0.113. The van der Waals surface area contributed by atoms with E-state index in [9.17, 15) is 0 Å². The second-order valence-corrected chi connectivity index (χ2v) is 7.81. The molecule has 1 aromatic carbocycles. The summed E-state index contributed by atoms with van der Waals surface area (Å²) in [6.45, 7) is 13.7. The van der Waals surface area contributed by atoms with Crippen molar-refractivity contribution in [3.05, 3.63) is 23.8 Å². The van der Waals surface area contributed by atoms with E-state index in [1.165, 1.54) is 5.56 Å². The van der Waals surface area contributed by atoms with E-state index in [0.29, 0.717) is 5.41 Å². The molecule has 0 aromatic heterocycles. The minimum atomic E-state index is 0.113. The molecule has 3 nitrogen and oxygen atoms in total. The predicted octanol–water partition coefficient (Wildman–Crippen LogP) is 4.15. The van der Waals surface area contributed by atoms with E-state index in [4.69, 9.17) is 9.47 Å². The molecule has 21 heavy (non-hydrogen) atoms. The van der Waals surface area contributed by atoms with E-state index >= 15 is 0 Å². The first-order valence-electron chi connectivity index (χ1n) is 7.89. The summed E-state index contributed by atoms with van der Waals surface area (Å²) in [5, 5.41) is 3.66. The molecule has 0 fully saturated rings. The number of hydrogen-bond donors (Lipinski definition) is 1. The molecule has 1 heterocycles. The lowest BCUT2D eigenvalue weighted by Gasteiger charge is -2.33. The highest BCUT2D eigenvalue weighted by Crippen LogP contribution is 2.31. The van der Waals surface area contributed by atoms with Gasteiger partial charge in [-0.1, -0.05) is 26.8 Å². The van der Waals surface area contributed by atoms with Crippen LogP contribution in [0.3, 0.4) is 0 Å². The van der Waals surface area contributed by atoms with Crippen molar-refractivity contribution in [2.45, 2.75) is 59.5 Å². The Bertz CT molecular complexity index is 475. The average Bonchev–Trinajstić information content (AvgIpc) is 2.58. The molecule has 0 spiro atoms. The Hall–Kier alpha value is -1.22. The molecule has 0 saturated heterocycles. The normalized spacial score (nSPS) is 15.7. The molecule has 3 heteroatoms. The largest absolute Gasteiger partial charge is 0.490 e. The van der Waals surface area contributed by atoms with E-state index in [0.717, 1.165) is 44.1 Å². The van der Waals surface area contributed by atoms with Crippen molar-refractivity contribution >= 4 is 0 Å². The fraction of sp³-hybridized carbons (Fsp3) is 0.667. The van der Waals surface area contributed by atoms with E-state index in [-0.39, 0.29) is 5.54 Å². The average molecular weight is 291 g/mol. The van der Waals surface area contributed by atoms with Gasteiger partial charge < -0.3 is 14.8 Å². The maximum Gasteiger partial charge on any atom is 0.161 e. The van der Waals surface area contributed by atoms with Crippen LogP contribution in [-0.2, 0) is 6.54 Å². The number of nitrogens with one attached hydrogen (secondary N) is 1. The molecule has 1 aliphatic rings. The standard InChI is InChI=1S/C18H29NO2/c1-17(2,3)13-18(4,5)19-12-14-7-8-15-16(11-14)21-10-6-9-20-15/h7-8,11,19H,6,9-10,12-13H2,1-5H3. The maximum atomic E-state index is 5.75. The third-order valence-corrected chi connectivity index (χ3v) is 3.56. The molecular formula is C18H29NO2. The third-order valence-electron chi connectivity index (χ3n) is 3.56. The maximum absolute atomic E-state index is 5.75. The number of hydrogen-bond acceptors (Lipinski definition) is 3. The molecule has 0 atom stereocenters. The summed E-state index contributed by atoms with van der Waals surface area (Å²) in [6.07, 6.45) is 2.07. The van der Waals surface area contributed by atoms with Crippen LogP contribution in [0.5, 0.6) is 11.5 Å². The van der Waals surface area contributed by atoms with Crippen LogP contribution in [0.1, 0.15) is 53.0 Å². The highest BCUT2D eigenvalue weighted by Gasteiger charge is 2.24. The summed E-state index contributed by atoms with van der Waals surface area (Å²) in [6, 6.07) is 6.24. The lowest BCUT2D eigenvalue weighted by Crippen LogP contribution is -2.41. The number of fused-ring (bicyclic) bond motifs is 1.